The Morgan fingerprint density at radius 2 is 1.87 bits per heavy atom. The molecule has 8 nitrogen and oxygen atoms in total. The Hall–Kier alpha value is -3.33. The van der Waals surface area contributed by atoms with Crippen molar-refractivity contribution in [3.63, 3.8) is 0 Å². The minimum Gasteiger partial charge on any atom is -0.485 e. The second-order valence-electron chi connectivity index (χ2n) is 6.85. The molecule has 2 N–H and O–H groups in total. The topological polar surface area (TPSA) is 106 Å². The molecule has 0 bridgehead atoms. The number of ether oxygens (including phenoxy) is 1. The Labute approximate surface area is 184 Å². The van der Waals surface area contributed by atoms with E-state index in [2.05, 4.69) is 15.5 Å². The van der Waals surface area contributed by atoms with E-state index in [0.29, 0.717) is 23.2 Å². The summed E-state index contributed by atoms with van der Waals surface area (Å²) in [6.07, 6.45) is 0. The summed E-state index contributed by atoms with van der Waals surface area (Å²) in [4.78, 5) is 23.2. The van der Waals surface area contributed by atoms with Gasteiger partial charge in [-0.2, -0.15) is 0 Å². The predicted octanol–water partition coefficient (Wildman–Crippen LogP) is 3.92. The lowest BCUT2D eigenvalue weighted by Gasteiger charge is -2.11. The SMILES string of the molecule is CCn1c(COc2cccc(C)c2C)nnc1SCC(=O)Nc1ccc(C(=O)O)cc1. The Morgan fingerprint density at radius 3 is 2.55 bits per heavy atom. The molecule has 0 aliphatic carbocycles. The first-order valence-corrected chi connectivity index (χ1v) is 10.7. The van der Waals surface area contributed by atoms with Crippen LogP contribution in [0, 0.1) is 13.8 Å². The second-order valence-corrected chi connectivity index (χ2v) is 7.79. The molecule has 1 amide bonds. The Morgan fingerprint density at radius 1 is 1.13 bits per heavy atom. The molecule has 3 aromatic rings. The highest BCUT2D eigenvalue weighted by Gasteiger charge is 2.14. The summed E-state index contributed by atoms with van der Waals surface area (Å²) in [5.74, 6) is 0.428. The maximum Gasteiger partial charge on any atom is 0.335 e. The van der Waals surface area contributed by atoms with Crippen LogP contribution in [0.15, 0.2) is 47.6 Å². The molecule has 0 unspecified atom stereocenters. The van der Waals surface area contributed by atoms with Gasteiger partial charge in [0.1, 0.15) is 12.4 Å². The number of aromatic nitrogens is 3. The third-order valence-electron chi connectivity index (χ3n) is 4.77. The number of aromatic carboxylic acids is 1. The smallest absolute Gasteiger partial charge is 0.335 e. The molecule has 2 aromatic carbocycles. The van der Waals surface area contributed by atoms with Gasteiger partial charge in [0, 0.05) is 12.2 Å². The first kappa shape index (κ1) is 22.4. The van der Waals surface area contributed by atoms with Crippen LogP contribution in [0.1, 0.15) is 34.2 Å². The van der Waals surface area contributed by atoms with E-state index in [1.807, 2.05) is 43.5 Å². The summed E-state index contributed by atoms with van der Waals surface area (Å²) in [6, 6.07) is 11.9. The van der Waals surface area contributed by atoms with Gasteiger partial charge in [-0.1, -0.05) is 23.9 Å². The molecule has 0 saturated heterocycles. The van der Waals surface area contributed by atoms with E-state index in [0.717, 1.165) is 16.9 Å². The number of carboxylic acids is 1. The van der Waals surface area contributed by atoms with E-state index in [1.165, 1.54) is 23.9 Å². The van der Waals surface area contributed by atoms with Crippen molar-refractivity contribution in [3.8, 4) is 5.75 Å². The van der Waals surface area contributed by atoms with E-state index in [9.17, 15) is 9.59 Å². The van der Waals surface area contributed by atoms with Crippen LogP contribution in [0.25, 0.3) is 0 Å². The summed E-state index contributed by atoms with van der Waals surface area (Å²) in [6.45, 7) is 6.98. The lowest BCUT2D eigenvalue weighted by atomic mass is 10.1. The summed E-state index contributed by atoms with van der Waals surface area (Å²) in [5.41, 5.74) is 2.95. The third-order valence-corrected chi connectivity index (χ3v) is 5.74. The number of nitrogens with one attached hydrogen (secondary N) is 1. The maximum atomic E-state index is 12.3. The minimum atomic E-state index is -1.01. The van der Waals surface area contributed by atoms with Crippen LogP contribution in [0.5, 0.6) is 5.75 Å². The highest BCUT2D eigenvalue weighted by Crippen LogP contribution is 2.23. The van der Waals surface area contributed by atoms with Gasteiger partial charge in [0.05, 0.1) is 11.3 Å². The van der Waals surface area contributed by atoms with E-state index < -0.39 is 5.97 Å². The number of hydrogen-bond donors (Lipinski definition) is 2. The average Bonchev–Trinajstić information content (AvgIpc) is 3.15. The van der Waals surface area contributed by atoms with Crippen LogP contribution in [0.2, 0.25) is 0 Å². The van der Waals surface area contributed by atoms with Gasteiger partial charge in [0.25, 0.3) is 0 Å². The quantitative estimate of drug-likeness (QED) is 0.486. The zero-order valence-electron chi connectivity index (χ0n) is 17.6. The molecular formula is C22H24N4O4S. The van der Waals surface area contributed by atoms with Crippen molar-refractivity contribution in [2.45, 2.75) is 39.1 Å². The number of rotatable bonds is 9. The third kappa shape index (κ3) is 5.64. The van der Waals surface area contributed by atoms with Gasteiger partial charge in [-0.3, -0.25) is 4.79 Å². The number of aryl methyl sites for hydroxylation is 1. The number of carboxylic acid groups (broad SMARTS) is 1. The highest BCUT2D eigenvalue weighted by molar-refractivity contribution is 7.99. The van der Waals surface area contributed by atoms with Crippen LogP contribution >= 0.6 is 11.8 Å². The van der Waals surface area contributed by atoms with E-state index in [1.54, 1.807) is 12.1 Å². The lowest BCUT2D eigenvalue weighted by molar-refractivity contribution is -0.113. The monoisotopic (exact) mass is 440 g/mol. The molecule has 0 aliphatic rings. The molecule has 0 spiro atoms. The van der Waals surface area contributed by atoms with Crippen LogP contribution in [0.4, 0.5) is 5.69 Å². The van der Waals surface area contributed by atoms with Crippen LogP contribution in [0.3, 0.4) is 0 Å². The van der Waals surface area contributed by atoms with E-state index in [-0.39, 0.29) is 23.8 Å². The molecule has 1 heterocycles. The largest absolute Gasteiger partial charge is 0.485 e. The normalized spacial score (nSPS) is 10.7. The van der Waals surface area contributed by atoms with Crippen molar-refractivity contribution >= 4 is 29.3 Å². The van der Waals surface area contributed by atoms with Crippen LogP contribution in [-0.2, 0) is 17.9 Å². The number of nitrogens with zero attached hydrogens (tertiary/aromatic N) is 3. The van der Waals surface area contributed by atoms with Gasteiger partial charge >= 0.3 is 5.97 Å². The van der Waals surface area contributed by atoms with Gasteiger partial charge in [-0.25, -0.2) is 4.79 Å². The van der Waals surface area contributed by atoms with E-state index in [4.69, 9.17) is 9.84 Å². The Bertz CT molecular complexity index is 1080. The van der Waals surface area contributed by atoms with Gasteiger partial charge < -0.3 is 19.7 Å². The fraction of sp³-hybridized carbons (Fsp3) is 0.273. The molecule has 0 atom stereocenters. The van der Waals surface area contributed by atoms with Crippen molar-refractivity contribution in [1.29, 1.82) is 0 Å². The number of benzene rings is 2. The molecule has 9 heteroatoms. The first-order chi connectivity index (χ1) is 14.9. The van der Waals surface area contributed by atoms with Crippen molar-refractivity contribution in [2.75, 3.05) is 11.1 Å². The second kappa shape index (κ2) is 10.1. The molecular weight excluding hydrogens is 416 g/mol. The van der Waals surface area contributed by atoms with Gasteiger partial charge in [0.15, 0.2) is 11.0 Å². The fourth-order valence-corrected chi connectivity index (χ4v) is 3.72. The summed E-state index contributed by atoms with van der Waals surface area (Å²) in [7, 11) is 0. The number of thioether (sulfide) groups is 1. The summed E-state index contributed by atoms with van der Waals surface area (Å²) in [5, 5.41) is 20.7. The molecule has 3 rings (SSSR count). The average molecular weight is 441 g/mol. The molecule has 0 radical (unpaired) electrons. The number of amides is 1. The minimum absolute atomic E-state index is 0.149. The Balaban J connectivity index is 1.58. The van der Waals surface area contributed by atoms with Crippen molar-refractivity contribution < 1.29 is 19.4 Å². The number of hydrogen-bond acceptors (Lipinski definition) is 6. The fourth-order valence-electron chi connectivity index (χ4n) is 2.90. The van der Waals surface area contributed by atoms with Crippen LogP contribution in [-0.4, -0.2) is 37.5 Å². The lowest BCUT2D eigenvalue weighted by Crippen LogP contribution is -2.15. The predicted molar refractivity (Wildman–Crippen MR) is 119 cm³/mol. The molecule has 162 valence electrons. The number of carbonyl (C=O) groups is 2. The van der Waals surface area contributed by atoms with Crippen molar-refractivity contribution in [1.82, 2.24) is 14.8 Å². The molecule has 0 aliphatic heterocycles. The number of anilines is 1. The first-order valence-electron chi connectivity index (χ1n) is 9.76. The van der Waals surface area contributed by atoms with Gasteiger partial charge in [0.2, 0.25) is 5.91 Å². The zero-order valence-corrected chi connectivity index (χ0v) is 18.4. The maximum absolute atomic E-state index is 12.3. The molecule has 1 aromatic heterocycles. The molecule has 31 heavy (non-hydrogen) atoms. The number of carbonyl (C=O) groups excluding carboxylic acids is 1. The highest BCUT2D eigenvalue weighted by atomic mass is 32.2. The zero-order chi connectivity index (χ0) is 22.4. The van der Waals surface area contributed by atoms with Crippen LogP contribution < -0.4 is 10.1 Å². The van der Waals surface area contributed by atoms with Crippen molar-refractivity contribution in [3.05, 3.63) is 65.0 Å². The Kier molecular flexibility index (Phi) is 7.30. The van der Waals surface area contributed by atoms with Gasteiger partial charge in [-0.05, 0) is 62.2 Å². The van der Waals surface area contributed by atoms with Gasteiger partial charge in [-0.15, -0.1) is 10.2 Å². The van der Waals surface area contributed by atoms with E-state index >= 15 is 0 Å². The molecule has 0 fully saturated rings. The summed E-state index contributed by atoms with van der Waals surface area (Å²) >= 11 is 1.28. The molecule has 0 saturated carbocycles. The van der Waals surface area contributed by atoms with Crippen molar-refractivity contribution in [2.24, 2.45) is 0 Å². The summed E-state index contributed by atoms with van der Waals surface area (Å²) < 4.78 is 7.86. The standard InChI is InChI=1S/C22H24N4O4S/c1-4-26-19(12-30-18-7-5-6-14(2)15(18)3)24-25-22(26)31-13-20(27)23-17-10-8-16(9-11-17)21(28)29/h5-11H,4,12-13H2,1-3H3,(H,23,27)(H,28,29).